The minimum Gasteiger partial charge on any atom is -0.768 e. The minimum atomic E-state index is -2.55. The van der Waals surface area contributed by atoms with Crippen molar-refractivity contribution < 1.29 is 13.7 Å². The van der Waals surface area contributed by atoms with Crippen molar-refractivity contribution >= 4 is 28.5 Å². The van der Waals surface area contributed by atoms with Crippen LogP contribution in [0.1, 0.15) is 0 Å². The zero-order valence-electron chi connectivity index (χ0n) is 10.1. The molecule has 1 atom stereocenters. The first-order valence-electron chi connectivity index (χ1n) is 5.00. The Bertz CT molecular complexity index is 364. The molecule has 1 rings (SSSR count). The molecule has 0 spiro atoms. The second-order valence-electron chi connectivity index (χ2n) is 3.06. The molecule has 0 radical (unpaired) electrons. The summed E-state index contributed by atoms with van der Waals surface area (Å²) in [4.78, 5) is 9.24. The lowest BCUT2D eigenvalue weighted by Gasteiger charge is -2.04. The van der Waals surface area contributed by atoms with Gasteiger partial charge in [-0.1, -0.05) is 12.1 Å². The van der Waals surface area contributed by atoms with Gasteiger partial charge in [0.2, 0.25) is 0 Å². The predicted octanol–water partition coefficient (Wildman–Crippen LogP) is 1.40. The number of hydrogen-bond acceptors (Lipinski definition) is 6. The summed E-state index contributed by atoms with van der Waals surface area (Å²) < 4.78 is 20.8. The third-order valence-corrected chi connectivity index (χ3v) is 3.11. The van der Waals surface area contributed by atoms with Crippen LogP contribution < -0.4 is 5.32 Å². The number of para-hydroxylation sites is 1. The summed E-state index contributed by atoms with van der Waals surface area (Å²) in [6.07, 6.45) is 2.11. The molecule has 0 saturated carbocycles. The first-order valence-corrected chi connectivity index (χ1v) is 7.47. The number of benzene rings is 1. The fraction of sp³-hybridized carbons (Fsp3) is 0.400. The van der Waals surface area contributed by atoms with Crippen molar-refractivity contribution in [2.24, 2.45) is 0 Å². The summed E-state index contributed by atoms with van der Waals surface area (Å²) in [6, 6.07) is 5.17. The molecule has 0 amide bonds. The highest BCUT2D eigenvalue weighted by molar-refractivity contribution is 7.98. The Balaban J connectivity index is 0.000000411. The van der Waals surface area contributed by atoms with E-state index in [1.165, 1.54) is 24.0 Å². The molecule has 18 heavy (non-hydrogen) atoms. The standard InChI is InChI=1S/C6H5NO4S.C4H11NS/c8-7(9)5-3-1-2-4-6(5)12(10)11;1-5-3-4-6-2/h1-4H,(H,10,11);5H,3-4H2,1-2H3/p-1. The predicted molar refractivity (Wildman–Crippen MR) is 72.6 cm³/mol. The SMILES string of the molecule is CNCCSC.O=[N+]([O-])c1ccccc1S(=O)[O-]. The van der Waals surface area contributed by atoms with E-state index in [0.29, 0.717) is 0 Å². The van der Waals surface area contributed by atoms with Gasteiger partial charge in [-0.05, 0) is 30.5 Å². The van der Waals surface area contributed by atoms with Crippen molar-refractivity contribution in [1.29, 1.82) is 0 Å². The van der Waals surface area contributed by atoms with Gasteiger partial charge in [0.15, 0.2) is 0 Å². The third-order valence-electron chi connectivity index (χ3n) is 1.80. The van der Waals surface area contributed by atoms with Crippen molar-refractivity contribution in [3.05, 3.63) is 34.4 Å². The number of nitrogens with zero attached hydrogens (tertiary/aromatic N) is 1. The summed E-state index contributed by atoms with van der Waals surface area (Å²) in [5, 5.41) is 13.3. The van der Waals surface area contributed by atoms with Gasteiger partial charge < -0.3 is 9.87 Å². The lowest BCUT2D eigenvalue weighted by atomic mass is 10.3. The van der Waals surface area contributed by atoms with Gasteiger partial charge in [-0.25, -0.2) is 0 Å². The van der Waals surface area contributed by atoms with Crippen molar-refractivity contribution in [3.63, 3.8) is 0 Å². The van der Waals surface area contributed by atoms with Gasteiger partial charge in [-0.15, -0.1) is 0 Å². The van der Waals surface area contributed by atoms with Gasteiger partial charge in [0, 0.05) is 18.4 Å². The molecular weight excluding hydrogens is 276 g/mol. The Hall–Kier alpha value is -0.960. The van der Waals surface area contributed by atoms with E-state index in [1.54, 1.807) is 0 Å². The van der Waals surface area contributed by atoms with Gasteiger partial charge in [0.05, 0.1) is 4.92 Å². The van der Waals surface area contributed by atoms with Crippen LogP contribution in [-0.4, -0.2) is 39.3 Å². The number of nitro benzene ring substituents is 1. The molecule has 0 aliphatic carbocycles. The summed E-state index contributed by atoms with van der Waals surface area (Å²) in [5.74, 6) is 1.22. The molecule has 1 N–H and O–H groups in total. The van der Waals surface area contributed by atoms with Gasteiger partial charge in [0.25, 0.3) is 5.69 Å². The zero-order chi connectivity index (χ0) is 14.0. The molecule has 0 saturated heterocycles. The second kappa shape index (κ2) is 10.0. The fourth-order valence-corrected chi connectivity index (χ4v) is 1.86. The van der Waals surface area contributed by atoms with E-state index < -0.39 is 21.7 Å². The maximum atomic E-state index is 10.4. The van der Waals surface area contributed by atoms with Crippen molar-refractivity contribution in [2.75, 3.05) is 25.6 Å². The molecule has 1 aromatic carbocycles. The van der Waals surface area contributed by atoms with Gasteiger partial charge in [-0.2, -0.15) is 11.8 Å². The largest absolute Gasteiger partial charge is 0.768 e. The number of nitrogens with one attached hydrogen (secondary N) is 1. The monoisotopic (exact) mass is 291 g/mol. The van der Waals surface area contributed by atoms with Crippen LogP contribution in [0.5, 0.6) is 0 Å². The highest BCUT2D eigenvalue weighted by Crippen LogP contribution is 2.19. The Morgan fingerprint density at radius 3 is 2.39 bits per heavy atom. The average molecular weight is 291 g/mol. The van der Waals surface area contributed by atoms with E-state index in [4.69, 9.17) is 0 Å². The van der Waals surface area contributed by atoms with Crippen LogP contribution in [0.25, 0.3) is 0 Å². The maximum absolute atomic E-state index is 10.4. The van der Waals surface area contributed by atoms with E-state index in [9.17, 15) is 18.9 Å². The van der Waals surface area contributed by atoms with Crippen LogP contribution >= 0.6 is 11.8 Å². The second-order valence-corrected chi connectivity index (χ2v) is 4.95. The molecule has 0 heterocycles. The third kappa shape index (κ3) is 6.70. The van der Waals surface area contributed by atoms with Crippen molar-refractivity contribution in [3.8, 4) is 0 Å². The van der Waals surface area contributed by atoms with E-state index in [2.05, 4.69) is 11.6 Å². The Morgan fingerprint density at radius 1 is 1.44 bits per heavy atom. The van der Waals surface area contributed by atoms with Crippen LogP contribution in [0.15, 0.2) is 29.2 Å². The average Bonchev–Trinajstić information content (AvgIpc) is 2.37. The Labute approximate surface area is 113 Å². The smallest absolute Gasteiger partial charge is 0.284 e. The Morgan fingerprint density at radius 2 is 2.06 bits per heavy atom. The first-order chi connectivity index (χ1) is 8.54. The molecule has 8 heteroatoms. The highest BCUT2D eigenvalue weighted by atomic mass is 32.2. The minimum absolute atomic E-state index is 0.289. The molecule has 1 unspecified atom stereocenters. The van der Waals surface area contributed by atoms with Crippen molar-refractivity contribution in [2.45, 2.75) is 4.90 Å². The van der Waals surface area contributed by atoms with Gasteiger partial charge >= 0.3 is 0 Å². The summed E-state index contributed by atoms with van der Waals surface area (Å²) in [7, 11) is 1.97. The zero-order valence-corrected chi connectivity index (χ0v) is 11.8. The molecule has 0 aromatic heterocycles. The summed E-state index contributed by atoms with van der Waals surface area (Å²) in [5.41, 5.74) is -0.397. The van der Waals surface area contributed by atoms with Crippen LogP contribution in [0, 0.1) is 10.1 Å². The van der Waals surface area contributed by atoms with Crippen LogP contribution in [0.4, 0.5) is 5.69 Å². The number of thioether (sulfide) groups is 1. The number of nitro groups is 1. The van der Waals surface area contributed by atoms with E-state index in [-0.39, 0.29) is 4.90 Å². The normalized spacial score (nSPS) is 11.3. The Kier molecular flexibility index (Phi) is 9.47. The fourth-order valence-electron chi connectivity index (χ4n) is 0.953. The van der Waals surface area contributed by atoms with Gasteiger partial charge in [0.1, 0.15) is 4.90 Å². The van der Waals surface area contributed by atoms with Gasteiger partial charge in [-0.3, -0.25) is 14.3 Å². The molecule has 1 aromatic rings. The van der Waals surface area contributed by atoms with E-state index in [1.807, 2.05) is 18.8 Å². The molecule has 102 valence electrons. The quantitative estimate of drug-likeness (QED) is 0.381. The van der Waals surface area contributed by atoms with E-state index >= 15 is 0 Å². The summed E-state index contributed by atoms with van der Waals surface area (Å²) in [6.45, 7) is 1.13. The van der Waals surface area contributed by atoms with Crippen LogP contribution in [0.2, 0.25) is 0 Å². The van der Waals surface area contributed by atoms with Crippen LogP contribution in [0.3, 0.4) is 0 Å². The topological polar surface area (TPSA) is 95.3 Å². The van der Waals surface area contributed by atoms with Crippen molar-refractivity contribution in [1.82, 2.24) is 5.32 Å². The first kappa shape index (κ1) is 17.0. The molecule has 0 aliphatic heterocycles. The molecule has 6 nitrogen and oxygen atoms in total. The summed E-state index contributed by atoms with van der Waals surface area (Å²) >= 11 is -0.689. The lowest BCUT2D eigenvalue weighted by molar-refractivity contribution is -0.387. The number of hydrogen-bond donors (Lipinski definition) is 1. The lowest BCUT2D eigenvalue weighted by Crippen LogP contribution is -2.09. The van der Waals surface area contributed by atoms with E-state index in [0.717, 1.165) is 12.6 Å². The molecular formula is C10H15N2O4S2-. The molecule has 0 fully saturated rings. The maximum Gasteiger partial charge on any atom is 0.284 e. The molecule has 0 aliphatic rings. The molecule has 0 bridgehead atoms. The highest BCUT2D eigenvalue weighted by Gasteiger charge is 2.11. The number of rotatable bonds is 5. The van der Waals surface area contributed by atoms with Crippen LogP contribution in [-0.2, 0) is 11.1 Å².